The minimum absolute atomic E-state index is 0.0762. The van der Waals surface area contributed by atoms with Crippen LogP contribution in [0.25, 0.3) is 0 Å². The van der Waals surface area contributed by atoms with Gasteiger partial charge in [-0.1, -0.05) is 0 Å². The highest BCUT2D eigenvalue weighted by Gasteiger charge is 2.25. The number of ether oxygens (including phenoxy) is 1. The van der Waals surface area contributed by atoms with Gasteiger partial charge in [-0.15, -0.1) is 0 Å². The normalized spacial score (nSPS) is 11.7. The third-order valence-corrected chi connectivity index (χ3v) is 2.53. The number of carbonyl (C=O) groups is 2. The highest BCUT2D eigenvalue weighted by molar-refractivity contribution is 5.97. The van der Waals surface area contributed by atoms with Gasteiger partial charge in [0, 0.05) is 18.7 Å². The summed E-state index contributed by atoms with van der Waals surface area (Å²) in [6.07, 6.45) is 0. The van der Waals surface area contributed by atoms with Gasteiger partial charge in [-0.25, -0.2) is 4.79 Å². The van der Waals surface area contributed by atoms with Crippen molar-refractivity contribution in [1.29, 1.82) is 0 Å². The lowest BCUT2D eigenvalue weighted by Crippen LogP contribution is -2.42. The molecule has 0 spiro atoms. The SMILES string of the molecule is COc1cc(N(C(C)=O)[C@@H](C)C(=O)O)ccc1O. The van der Waals surface area contributed by atoms with Crippen LogP contribution in [0.3, 0.4) is 0 Å². The molecule has 0 saturated heterocycles. The average molecular weight is 253 g/mol. The molecule has 1 aromatic carbocycles. The van der Waals surface area contributed by atoms with E-state index in [1.807, 2.05) is 0 Å². The number of phenols is 1. The molecule has 1 amide bonds. The Bertz CT molecular complexity index is 472. The fourth-order valence-electron chi connectivity index (χ4n) is 1.60. The van der Waals surface area contributed by atoms with E-state index < -0.39 is 17.9 Å². The quantitative estimate of drug-likeness (QED) is 0.842. The van der Waals surface area contributed by atoms with Gasteiger partial charge in [0.25, 0.3) is 0 Å². The van der Waals surface area contributed by atoms with Crippen molar-refractivity contribution >= 4 is 17.6 Å². The third kappa shape index (κ3) is 2.71. The summed E-state index contributed by atoms with van der Waals surface area (Å²) in [7, 11) is 1.37. The van der Waals surface area contributed by atoms with Crippen LogP contribution in [-0.4, -0.2) is 35.2 Å². The van der Waals surface area contributed by atoms with Crippen LogP contribution in [0.1, 0.15) is 13.8 Å². The predicted octanol–water partition coefficient (Wildman–Crippen LogP) is 1.23. The lowest BCUT2D eigenvalue weighted by Gasteiger charge is -2.25. The first-order valence-corrected chi connectivity index (χ1v) is 5.28. The van der Waals surface area contributed by atoms with Gasteiger partial charge in [-0.2, -0.15) is 0 Å². The Morgan fingerprint density at radius 3 is 2.44 bits per heavy atom. The van der Waals surface area contributed by atoms with Gasteiger partial charge in [0.15, 0.2) is 11.5 Å². The number of aromatic hydroxyl groups is 1. The first-order valence-electron chi connectivity index (χ1n) is 5.28. The number of benzene rings is 1. The molecule has 0 saturated carbocycles. The Hall–Kier alpha value is -2.24. The van der Waals surface area contributed by atoms with E-state index in [-0.39, 0.29) is 11.5 Å². The number of amides is 1. The molecule has 0 aliphatic rings. The molecular weight excluding hydrogens is 238 g/mol. The van der Waals surface area contributed by atoms with Crippen molar-refractivity contribution in [2.45, 2.75) is 19.9 Å². The number of anilines is 1. The van der Waals surface area contributed by atoms with Crippen LogP contribution in [0, 0.1) is 0 Å². The number of phenolic OH excluding ortho intramolecular Hbond substituents is 1. The van der Waals surface area contributed by atoms with Gasteiger partial charge in [-0.05, 0) is 19.1 Å². The predicted molar refractivity (Wildman–Crippen MR) is 64.9 cm³/mol. The number of carboxylic acid groups (broad SMARTS) is 1. The highest BCUT2D eigenvalue weighted by atomic mass is 16.5. The second-order valence-electron chi connectivity index (χ2n) is 3.76. The van der Waals surface area contributed by atoms with Crippen LogP contribution in [0.4, 0.5) is 5.69 Å². The van der Waals surface area contributed by atoms with E-state index in [9.17, 15) is 14.7 Å². The standard InChI is InChI=1S/C12H15NO5/c1-7(12(16)17)13(8(2)14)9-4-5-10(15)11(6-9)18-3/h4-7,15H,1-3H3,(H,16,17)/t7-/m0/s1. The maximum absolute atomic E-state index is 11.5. The molecule has 0 aliphatic carbocycles. The Morgan fingerprint density at radius 1 is 1.39 bits per heavy atom. The second-order valence-corrected chi connectivity index (χ2v) is 3.76. The first-order chi connectivity index (χ1) is 8.38. The fourth-order valence-corrected chi connectivity index (χ4v) is 1.60. The minimum Gasteiger partial charge on any atom is -0.504 e. The Balaban J connectivity index is 3.22. The van der Waals surface area contributed by atoms with Crippen molar-refractivity contribution in [3.63, 3.8) is 0 Å². The lowest BCUT2D eigenvalue weighted by atomic mass is 10.2. The minimum atomic E-state index is -1.11. The molecule has 1 atom stereocenters. The fraction of sp³-hybridized carbons (Fsp3) is 0.333. The lowest BCUT2D eigenvalue weighted by molar-refractivity contribution is -0.139. The van der Waals surface area contributed by atoms with E-state index in [4.69, 9.17) is 9.84 Å². The molecule has 0 fully saturated rings. The maximum Gasteiger partial charge on any atom is 0.326 e. The molecule has 0 heterocycles. The van der Waals surface area contributed by atoms with E-state index in [1.165, 1.54) is 39.2 Å². The van der Waals surface area contributed by atoms with Crippen molar-refractivity contribution in [1.82, 2.24) is 0 Å². The van der Waals surface area contributed by atoms with Crippen LogP contribution >= 0.6 is 0 Å². The van der Waals surface area contributed by atoms with E-state index in [0.29, 0.717) is 5.69 Å². The molecule has 6 nitrogen and oxygen atoms in total. The topological polar surface area (TPSA) is 87.1 Å². The molecule has 2 N–H and O–H groups in total. The number of carboxylic acids is 1. The second kappa shape index (κ2) is 5.39. The molecule has 0 radical (unpaired) electrons. The van der Waals surface area contributed by atoms with Crippen LogP contribution in [0.5, 0.6) is 11.5 Å². The molecule has 18 heavy (non-hydrogen) atoms. The zero-order valence-electron chi connectivity index (χ0n) is 10.4. The third-order valence-electron chi connectivity index (χ3n) is 2.53. The summed E-state index contributed by atoms with van der Waals surface area (Å²) < 4.78 is 4.92. The van der Waals surface area contributed by atoms with Crippen molar-refractivity contribution in [3.05, 3.63) is 18.2 Å². The molecule has 0 aliphatic heterocycles. The van der Waals surface area contributed by atoms with Crippen molar-refractivity contribution in [3.8, 4) is 11.5 Å². The number of aliphatic carboxylic acids is 1. The Kier molecular flexibility index (Phi) is 4.14. The summed E-state index contributed by atoms with van der Waals surface area (Å²) >= 11 is 0. The monoisotopic (exact) mass is 253 g/mol. The molecule has 0 aromatic heterocycles. The molecule has 6 heteroatoms. The van der Waals surface area contributed by atoms with Crippen LogP contribution in [0.15, 0.2) is 18.2 Å². The number of hydrogen-bond acceptors (Lipinski definition) is 4. The summed E-state index contributed by atoms with van der Waals surface area (Å²) in [6, 6.07) is 3.21. The van der Waals surface area contributed by atoms with Gasteiger partial charge in [0.1, 0.15) is 6.04 Å². The molecule has 98 valence electrons. The summed E-state index contributed by atoms with van der Waals surface area (Å²) in [5.74, 6) is -1.42. The van der Waals surface area contributed by atoms with Crippen molar-refractivity contribution < 1.29 is 24.5 Å². The summed E-state index contributed by atoms with van der Waals surface area (Å²) in [6.45, 7) is 2.68. The average Bonchev–Trinajstić information content (AvgIpc) is 2.30. The summed E-state index contributed by atoms with van der Waals surface area (Å²) in [5, 5.41) is 18.4. The zero-order valence-corrected chi connectivity index (χ0v) is 10.4. The van der Waals surface area contributed by atoms with Gasteiger partial charge < -0.3 is 14.9 Å². The molecule has 0 bridgehead atoms. The first kappa shape index (κ1) is 13.8. The molecule has 1 rings (SSSR count). The number of carbonyl (C=O) groups excluding carboxylic acids is 1. The largest absolute Gasteiger partial charge is 0.504 e. The van der Waals surface area contributed by atoms with Gasteiger partial charge in [0.05, 0.1) is 7.11 Å². The van der Waals surface area contributed by atoms with Gasteiger partial charge in [-0.3, -0.25) is 9.69 Å². The number of rotatable bonds is 4. The van der Waals surface area contributed by atoms with E-state index in [1.54, 1.807) is 0 Å². The van der Waals surface area contributed by atoms with E-state index in [0.717, 1.165) is 4.90 Å². The zero-order chi connectivity index (χ0) is 13.9. The van der Waals surface area contributed by atoms with E-state index >= 15 is 0 Å². The smallest absolute Gasteiger partial charge is 0.326 e. The summed E-state index contributed by atoms with van der Waals surface area (Å²) in [5.41, 5.74) is 0.354. The molecular formula is C12H15NO5. The number of methoxy groups -OCH3 is 1. The van der Waals surface area contributed by atoms with Crippen molar-refractivity contribution in [2.24, 2.45) is 0 Å². The molecule has 1 aromatic rings. The van der Waals surface area contributed by atoms with Crippen LogP contribution in [0.2, 0.25) is 0 Å². The van der Waals surface area contributed by atoms with Gasteiger partial charge in [0.2, 0.25) is 5.91 Å². The van der Waals surface area contributed by atoms with Crippen LogP contribution < -0.4 is 9.64 Å². The number of hydrogen-bond donors (Lipinski definition) is 2. The van der Waals surface area contributed by atoms with Crippen LogP contribution in [-0.2, 0) is 9.59 Å². The van der Waals surface area contributed by atoms with E-state index in [2.05, 4.69) is 0 Å². The number of nitrogens with zero attached hydrogens (tertiary/aromatic N) is 1. The Morgan fingerprint density at radius 2 is 2.00 bits per heavy atom. The molecule has 0 unspecified atom stereocenters. The van der Waals surface area contributed by atoms with Crippen molar-refractivity contribution in [2.75, 3.05) is 12.0 Å². The maximum atomic E-state index is 11.5. The summed E-state index contributed by atoms with van der Waals surface area (Å²) in [4.78, 5) is 23.6. The highest BCUT2D eigenvalue weighted by Crippen LogP contribution is 2.31. The Labute approximate surface area is 104 Å². The van der Waals surface area contributed by atoms with Gasteiger partial charge >= 0.3 is 5.97 Å².